The van der Waals surface area contributed by atoms with Crippen LogP contribution in [0.2, 0.25) is 0 Å². The highest BCUT2D eigenvalue weighted by molar-refractivity contribution is 5.66. The minimum Gasteiger partial charge on any atom is -0.465 e. The molecule has 0 atom stereocenters. The SMILES string of the molecule is CC(C)(C)N(CC=C(F)CO)C(=O)O. The van der Waals surface area contributed by atoms with Gasteiger partial charge < -0.3 is 10.2 Å². The Kier molecular flexibility index (Phi) is 4.56. The van der Waals surface area contributed by atoms with Gasteiger partial charge in [0.05, 0.1) is 6.61 Å². The lowest BCUT2D eigenvalue weighted by Crippen LogP contribution is -2.45. The average molecular weight is 205 g/mol. The van der Waals surface area contributed by atoms with Crippen molar-refractivity contribution in [3.8, 4) is 0 Å². The molecule has 0 heterocycles. The van der Waals surface area contributed by atoms with Gasteiger partial charge in [0.25, 0.3) is 0 Å². The highest BCUT2D eigenvalue weighted by Crippen LogP contribution is 2.13. The Hall–Kier alpha value is -1.10. The maximum absolute atomic E-state index is 12.5. The van der Waals surface area contributed by atoms with Gasteiger partial charge in [-0.15, -0.1) is 0 Å². The summed E-state index contributed by atoms with van der Waals surface area (Å²) >= 11 is 0. The van der Waals surface area contributed by atoms with Crippen molar-refractivity contribution in [3.05, 3.63) is 11.9 Å². The quantitative estimate of drug-likeness (QED) is 0.735. The number of rotatable bonds is 3. The molecule has 0 aliphatic heterocycles. The second-order valence-corrected chi connectivity index (χ2v) is 3.87. The van der Waals surface area contributed by atoms with Crippen LogP contribution >= 0.6 is 0 Å². The van der Waals surface area contributed by atoms with Crippen molar-refractivity contribution in [2.75, 3.05) is 13.2 Å². The molecule has 0 aliphatic rings. The van der Waals surface area contributed by atoms with Crippen LogP contribution in [-0.2, 0) is 0 Å². The number of carbonyl (C=O) groups is 1. The van der Waals surface area contributed by atoms with Gasteiger partial charge in [-0.2, -0.15) is 0 Å². The second kappa shape index (κ2) is 4.95. The molecule has 1 amide bonds. The Morgan fingerprint density at radius 2 is 2.00 bits per heavy atom. The molecule has 2 N–H and O–H groups in total. The molecule has 0 aromatic carbocycles. The molecule has 0 rings (SSSR count). The molecule has 0 aromatic heterocycles. The molecular weight excluding hydrogens is 189 g/mol. The minimum atomic E-state index is -1.11. The van der Waals surface area contributed by atoms with Crippen molar-refractivity contribution in [3.63, 3.8) is 0 Å². The van der Waals surface area contributed by atoms with Crippen molar-refractivity contribution in [1.29, 1.82) is 0 Å². The fourth-order valence-corrected chi connectivity index (χ4v) is 0.894. The van der Waals surface area contributed by atoms with Crippen LogP contribution in [-0.4, -0.2) is 39.9 Å². The van der Waals surface area contributed by atoms with E-state index < -0.39 is 24.1 Å². The van der Waals surface area contributed by atoms with Crippen LogP contribution in [0.15, 0.2) is 11.9 Å². The van der Waals surface area contributed by atoms with Gasteiger partial charge in [-0.05, 0) is 26.8 Å². The number of carboxylic acid groups (broad SMARTS) is 1. The first-order valence-electron chi connectivity index (χ1n) is 4.25. The van der Waals surface area contributed by atoms with Crippen LogP contribution < -0.4 is 0 Å². The van der Waals surface area contributed by atoms with E-state index in [9.17, 15) is 9.18 Å². The molecule has 0 aromatic rings. The number of nitrogens with zero attached hydrogens (tertiary/aromatic N) is 1. The molecule has 0 saturated heterocycles. The lowest BCUT2D eigenvalue weighted by atomic mass is 10.1. The molecule has 0 saturated carbocycles. The van der Waals surface area contributed by atoms with Crippen LogP contribution in [0.25, 0.3) is 0 Å². The van der Waals surface area contributed by atoms with Gasteiger partial charge in [0.1, 0.15) is 5.83 Å². The third-order valence-corrected chi connectivity index (χ3v) is 1.69. The van der Waals surface area contributed by atoms with Crippen molar-refractivity contribution < 1.29 is 19.4 Å². The third kappa shape index (κ3) is 4.23. The van der Waals surface area contributed by atoms with E-state index in [2.05, 4.69) is 0 Å². The lowest BCUT2D eigenvalue weighted by molar-refractivity contribution is 0.108. The van der Waals surface area contributed by atoms with E-state index in [0.29, 0.717) is 0 Å². The summed E-state index contributed by atoms with van der Waals surface area (Å²) in [6.45, 7) is 4.38. The molecule has 4 nitrogen and oxygen atoms in total. The van der Waals surface area contributed by atoms with Gasteiger partial charge >= 0.3 is 6.09 Å². The maximum atomic E-state index is 12.5. The Bertz CT molecular complexity index is 233. The van der Waals surface area contributed by atoms with Gasteiger partial charge in [-0.1, -0.05) is 0 Å². The van der Waals surface area contributed by atoms with Crippen LogP contribution in [0, 0.1) is 0 Å². The summed E-state index contributed by atoms with van der Waals surface area (Å²) in [6.07, 6.45) is -0.0567. The van der Waals surface area contributed by atoms with E-state index in [0.717, 1.165) is 11.0 Å². The molecule has 0 radical (unpaired) electrons. The molecule has 0 bridgehead atoms. The van der Waals surface area contributed by atoms with Gasteiger partial charge in [-0.3, -0.25) is 4.90 Å². The largest absolute Gasteiger partial charge is 0.465 e. The van der Waals surface area contributed by atoms with Gasteiger partial charge in [0.15, 0.2) is 0 Å². The molecule has 0 fully saturated rings. The average Bonchev–Trinajstić information content (AvgIpc) is 2.01. The number of amides is 1. The van der Waals surface area contributed by atoms with Crippen molar-refractivity contribution >= 4 is 6.09 Å². The summed E-state index contributed by atoms with van der Waals surface area (Å²) in [5, 5.41) is 17.2. The predicted molar refractivity (Wildman–Crippen MR) is 50.8 cm³/mol. The molecular formula is C9H16FNO3. The normalized spacial score (nSPS) is 12.8. The van der Waals surface area contributed by atoms with Crippen LogP contribution in [0.5, 0.6) is 0 Å². The summed E-state index contributed by atoms with van der Waals surface area (Å²) in [5.41, 5.74) is -0.585. The van der Waals surface area contributed by atoms with Crippen LogP contribution in [0.4, 0.5) is 9.18 Å². The van der Waals surface area contributed by atoms with Gasteiger partial charge in [0.2, 0.25) is 0 Å². The number of halogens is 1. The zero-order valence-electron chi connectivity index (χ0n) is 8.62. The number of aliphatic hydroxyl groups is 1. The molecule has 5 heteroatoms. The highest BCUT2D eigenvalue weighted by atomic mass is 19.1. The smallest absolute Gasteiger partial charge is 0.408 e. The van der Waals surface area contributed by atoms with E-state index in [-0.39, 0.29) is 6.54 Å². The molecule has 14 heavy (non-hydrogen) atoms. The first kappa shape index (κ1) is 12.9. The second-order valence-electron chi connectivity index (χ2n) is 3.87. The predicted octanol–water partition coefficient (Wildman–Crippen LogP) is 1.61. The number of aliphatic hydroxyl groups excluding tert-OH is 1. The zero-order valence-corrected chi connectivity index (χ0v) is 8.62. The maximum Gasteiger partial charge on any atom is 0.408 e. The van der Waals surface area contributed by atoms with Crippen molar-refractivity contribution in [1.82, 2.24) is 4.90 Å². The van der Waals surface area contributed by atoms with E-state index >= 15 is 0 Å². The first-order valence-corrected chi connectivity index (χ1v) is 4.25. The van der Waals surface area contributed by atoms with Gasteiger partial charge in [0, 0.05) is 12.1 Å². The fraction of sp³-hybridized carbons (Fsp3) is 0.667. The Morgan fingerprint density at radius 1 is 1.50 bits per heavy atom. The number of hydrogen-bond donors (Lipinski definition) is 2. The van der Waals surface area contributed by atoms with Crippen molar-refractivity contribution in [2.24, 2.45) is 0 Å². The van der Waals surface area contributed by atoms with E-state index in [1.807, 2.05) is 0 Å². The molecule has 0 aliphatic carbocycles. The van der Waals surface area contributed by atoms with Gasteiger partial charge in [-0.25, -0.2) is 9.18 Å². The third-order valence-electron chi connectivity index (χ3n) is 1.69. The van der Waals surface area contributed by atoms with E-state index in [1.54, 1.807) is 20.8 Å². The fourth-order valence-electron chi connectivity index (χ4n) is 0.894. The number of hydrogen-bond acceptors (Lipinski definition) is 2. The summed E-state index contributed by atoms with van der Waals surface area (Å²) in [7, 11) is 0. The van der Waals surface area contributed by atoms with Crippen LogP contribution in [0.3, 0.4) is 0 Å². The molecule has 0 spiro atoms. The lowest BCUT2D eigenvalue weighted by Gasteiger charge is -2.32. The molecule has 0 unspecified atom stereocenters. The Labute approximate surface area is 82.6 Å². The minimum absolute atomic E-state index is 0.0643. The van der Waals surface area contributed by atoms with Crippen LogP contribution in [0.1, 0.15) is 20.8 Å². The Balaban J connectivity index is 4.49. The summed E-state index contributed by atoms with van der Waals surface area (Å²) in [5.74, 6) is -0.722. The van der Waals surface area contributed by atoms with E-state index in [1.165, 1.54) is 0 Å². The summed E-state index contributed by atoms with van der Waals surface area (Å²) < 4.78 is 12.5. The summed E-state index contributed by atoms with van der Waals surface area (Å²) in [6, 6.07) is 0. The molecule has 82 valence electrons. The van der Waals surface area contributed by atoms with Crippen molar-refractivity contribution in [2.45, 2.75) is 26.3 Å². The summed E-state index contributed by atoms with van der Waals surface area (Å²) in [4.78, 5) is 11.8. The standard InChI is InChI=1S/C9H16FNO3/c1-9(2,3)11(8(13)14)5-4-7(10)6-12/h4,12H,5-6H2,1-3H3,(H,13,14). The topological polar surface area (TPSA) is 60.8 Å². The Morgan fingerprint density at radius 3 is 2.29 bits per heavy atom. The first-order chi connectivity index (χ1) is 6.29. The highest BCUT2D eigenvalue weighted by Gasteiger charge is 2.24. The zero-order chi connectivity index (χ0) is 11.4. The monoisotopic (exact) mass is 205 g/mol. The van der Waals surface area contributed by atoms with E-state index in [4.69, 9.17) is 10.2 Å².